The van der Waals surface area contributed by atoms with Crippen molar-refractivity contribution in [2.75, 3.05) is 12.4 Å². The van der Waals surface area contributed by atoms with Gasteiger partial charge in [0.2, 0.25) is 0 Å². The second-order valence-corrected chi connectivity index (χ2v) is 4.19. The molecule has 0 fully saturated rings. The summed E-state index contributed by atoms with van der Waals surface area (Å²) in [6.07, 6.45) is 1.63. The zero-order valence-corrected chi connectivity index (χ0v) is 11.0. The molecule has 0 amide bonds. The smallest absolute Gasteiger partial charge is 0.159 e. The number of rotatable bonds is 5. The van der Waals surface area contributed by atoms with Crippen molar-refractivity contribution in [2.24, 2.45) is 0 Å². The standard InChI is InChI=1S/C15H16N2O2/c1-11(18)13-7-8-16-15(9-13)17-10-12-3-5-14(19-2)6-4-12/h3-9H,10H2,1-2H3,(H,16,17). The first-order valence-corrected chi connectivity index (χ1v) is 6.03. The van der Waals surface area contributed by atoms with E-state index in [4.69, 9.17) is 4.74 Å². The molecule has 0 atom stereocenters. The van der Waals surface area contributed by atoms with Gasteiger partial charge in [0.25, 0.3) is 0 Å². The van der Waals surface area contributed by atoms with Crippen molar-refractivity contribution in [1.29, 1.82) is 0 Å². The van der Waals surface area contributed by atoms with E-state index >= 15 is 0 Å². The van der Waals surface area contributed by atoms with Gasteiger partial charge in [0.05, 0.1) is 7.11 Å². The summed E-state index contributed by atoms with van der Waals surface area (Å²) in [5.41, 5.74) is 1.78. The number of ketones is 1. The molecule has 0 aliphatic carbocycles. The van der Waals surface area contributed by atoms with E-state index in [1.54, 1.807) is 32.4 Å². The molecule has 1 N–H and O–H groups in total. The van der Waals surface area contributed by atoms with Crippen molar-refractivity contribution in [1.82, 2.24) is 4.98 Å². The molecule has 1 aromatic heterocycles. The van der Waals surface area contributed by atoms with E-state index in [1.165, 1.54) is 0 Å². The zero-order valence-electron chi connectivity index (χ0n) is 11.0. The van der Waals surface area contributed by atoms with Crippen LogP contribution in [0.15, 0.2) is 42.6 Å². The molecular weight excluding hydrogens is 240 g/mol. The summed E-state index contributed by atoms with van der Waals surface area (Å²) in [6.45, 7) is 2.20. The largest absolute Gasteiger partial charge is 0.497 e. The third-order valence-corrected chi connectivity index (χ3v) is 2.80. The van der Waals surface area contributed by atoms with Gasteiger partial charge >= 0.3 is 0 Å². The van der Waals surface area contributed by atoms with Crippen molar-refractivity contribution in [3.63, 3.8) is 0 Å². The molecule has 0 unspecified atom stereocenters. The number of nitrogens with zero attached hydrogens (tertiary/aromatic N) is 1. The lowest BCUT2D eigenvalue weighted by atomic mass is 10.2. The highest BCUT2D eigenvalue weighted by atomic mass is 16.5. The number of nitrogens with one attached hydrogen (secondary N) is 1. The van der Waals surface area contributed by atoms with Gasteiger partial charge in [0, 0.05) is 18.3 Å². The number of aromatic nitrogens is 1. The van der Waals surface area contributed by atoms with Crippen LogP contribution in [-0.2, 0) is 6.54 Å². The van der Waals surface area contributed by atoms with Gasteiger partial charge in [-0.2, -0.15) is 0 Å². The predicted octanol–water partition coefficient (Wildman–Crippen LogP) is 2.90. The summed E-state index contributed by atoms with van der Waals surface area (Å²) in [5, 5.41) is 3.19. The van der Waals surface area contributed by atoms with Crippen LogP contribution in [0.3, 0.4) is 0 Å². The molecular formula is C15H16N2O2. The summed E-state index contributed by atoms with van der Waals surface area (Å²) in [7, 11) is 1.64. The molecule has 0 spiro atoms. The van der Waals surface area contributed by atoms with Crippen molar-refractivity contribution in [2.45, 2.75) is 13.5 Å². The molecule has 2 aromatic rings. The van der Waals surface area contributed by atoms with E-state index in [1.807, 2.05) is 24.3 Å². The van der Waals surface area contributed by atoms with Crippen LogP contribution < -0.4 is 10.1 Å². The molecule has 0 aliphatic heterocycles. The van der Waals surface area contributed by atoms with E-state index in [9.17, 15) is 4.79 Å². The number of benzene rings is 1. The molecule has 4 nitrogen and oxygen atoms in total. The number of anilines is 1. The maximum absolute atomic E-state index is 11.3. The molecule has 0 saturated heterocycles. The number of carbonyl (C=O) groups is 1. The number of pyridine rings is 1. The van der Waals surface area contributed by atoms with Crippen LogP contribution in [0.4, 0.5) is 5.82 Å². The lowest BCUT2D eigenvalue weighted by molar-refractivity contribution is 0.101. The third-order valence-electron chi connectivity index (χ3n) is 2.80. The number of carbonyl (C=O) groups excluding carboxylic acids is 1. The Balaban J connectivity index is 2.01. The Bertz CT molecular complexity index is 565. The number of hydrogen-bond acceptors (Lipinski definition) is 4. The summed E-state index contributed by atoms with van der Waals surface area (Å²) in [6, 6.07) is 11.3. The van der Waals surface area contributed by atoms with Crippen LogP contribution in [0.2, 0.25) is 0 Å². The molecule has 0 aliphatic rings. The number of Topliss-reactive ketones (excluding diaryl/α,β-unsaturated/α-hetero) is 1. The highest BCUT2D eigenvalue weighted by Crippen LogP contribution is 2.13. The Morgan fingerprint density at radius 3 is 2.63 bits per heavy atom. The fraction of sp³-hybridized carbons (Fsp3) is 0.200. The number of ether oxygens (including phenoxy) is 1. The van der Waals surface area contributed by atoms with Gasteiger partial charge in [0.1, 0.15) is 11.6 Å². The van der Waals surface area contributed by atoms with Crippen molar-refractivity contribution >= 4 is 11.6 Å². The van der Waals surface area contributed by atoms with E-state index in [-0.39, 0.29) is 5.78 Å². The first kappa shape index (κ1) is 13.1. The van der Waals surface area contributed by atoms with E-state index < -0.39 is 0 Å². The molecule has 4 heteroatoms. The summed E-state index contributed by atoms with van der Waals surface area (Å²) in [4.78, 5) is 15.5. The first-order valence-electron chi connectivity index (χ1n) is 6.03. The Morgan fingerprint density at radius 2 is 2.00 bits per heavy atom. The number of methoxy groups -OCH3 is 1. The molecule has 2 rings (SSSR count). The predicted molar refractivity (Wildman–Crippen MR) is 74.6 cm³/mol. The Morgan fingerprint density at radius 1 is 1.26 bits per heavy atom. The molecule has 19 heavy (non-hydrogen) atoms. The van der Waals surface area contributed by atoms with Crippen LogP contribution in [0.5, 0.6) is 5.75 Å². The summed E-state index contributed by atoms with van der Waals surface area (Å²) in [5.74, 6) is 1.57. The highest BCUT2D eigenvalue weighted by Gasteiger charge is 2.01. The fourth-order valence-electron chi connectivity index (χ4n) is 1.68. The molecule has 98 valence electrons. The Hall–Kier alpha value is -2.36. The van der Waals surface area contributed by atoms with Crippen LogP contribution in [-0.4, -0.2) is 17.9 Å². The van der Waals surface area contributed by atoms with Crippen molar-refractivity contribution in [3.05, 3.63) is 53.7 Å². The normalized spacial score (nSPS) is 10.0. The molecule has 0 saturated carbocycles. The summed E-state index contributed by atoms with van der Waals surface area (Å²) >= 11 is 0. The van der Waals surface area contributed by atoms with Crippen molar-refractivity contribution < 1.29 is 9.53 Å². The maximum Gasteiger partial charge on any atom is 0.159 e. The monoisotopic (exact) mass is 256 g/mol. The van der Waals surface area contributed by atoms with E-state index in [0.29, 0.717) is 17.9 Å². The maximum atomic E-state index is 11.3. The molecule has 0 radical (unpaired) electrons. The average Bonchev–Trinajstić information content (AvgIpc) is 2.46. The molecule has 1 aromatic carbocycles. The SMILES string of the molecule is COc1ccc(CNc2cc(C(C)=O)ccn2)cc1. The minimum absolute atomic E-state index is 0.0369. The molecule has 0 bridgehead atoms. The number of hydrogen-bond donors (Lipinski definition) is 1. The second kappa shape index (κ2) is 6.00. The Labute approximate surface area is 112 Å². The van der Waals surface area contributed by atoms with Gasteiger partial charge in [-0.25, -0.2) is 4.98 Å². The van der Waals surface area contributed by atoms with Gasteiger partial charge in [-0.3, -0.25) is 4.79 Å². The third kappa shape index (κ3) is 3.55. The van der Waals surface area contributed by atoms with Crippen molar-refractivity contribution in [3.8, 4) is 5.75 Å². The van der Waals surface area contributed by atoms with Crippen LogP contribution in [0.1, 0.15) is 22.8 Å². The second-order valence-electron chi connectivity index (χ2n) is 4.19. The van der Waals surface area contributed by atoms with Gasteiger partial charge in [0.15, 0.2) is 5.78 Å². The van der Waals surface area contributed by atoms with Crippen LogP contribution >= 0.6 is 0 Å². The Kier molecular flexibility index (Phi) is 4.13. The first-order chi connectivity index (χ1) is 9.19. The highest BCUT2D eigenvalue weighted by molar-refractivity contribution is 5.94. The van der Waals surface area contributed by atoms with Gasteiger partial charge < -0.3 is 10.1 Å². The van der Waals surface area contributed by atoms with E-state index in [0.717, 1.165) is 11.3 Å². The quantitative estimate of drug-likeness (QED) is 0.836. The zero-order chi connectivity index (χ0) is 13.7. The lowest BCUT2D eigenvalue weighted by Gasteiger charge is -2.07. The van der Waals surface area contributed by atoms with Crippen LogP contribution in [0.25, 0.3) is 0 Å². The summed E-state index contributed by atoms with van der Waals surface area (Å²) < 4.78 is 5.10. The van der Waals surface area contributed by atoms with Gasteiger partial charge in [-0.1, -0.05) is 12.1 Å². The van der Waals surface area contributed by atoms with Gasteiger partial charge in [-0.15, -0.1) is 0 Å². The lowest BCUT2D eigenvalue weighted by Crippen LogP contribution is -2.03. The topological polar surface area (TPSA) is 51.2 Å². The minimum Gasteiger partial charge on any atom is -0.497 e. The van der Waals surface area contributed by atoms with E-state index in [2.05, 4.69) is 10.3 Å². The van der Waals surface area contributed by atoms with Gasteiger partial charge in [-0.05, 0) is 36.8 Å². The van der Waals surface area contributed by atoms with Crippen LogP contribution in [0, 0.1) is 0 Å². The average molecular weight is 256 g/mol. The fourth-order valence-corrected chi connectivity index (χ4v) is 1.68. The minimum atomic E-state index is 0.0369. The molecule has 1 heterocycles.